The van der Waals surface area contributed by atoms with Crippen molar-refractivity contribution < 1.29 is 4.92 Å². The number of anilines is 1. The molecule has 0 saturated carbocycles. The van der Waals surface area contributed by atoms with Gasteiger partial charge in [0.1, 0.15) is 0 Å². The Kier molecular flexibility index (Phi) is 2.90. The number of hydrogen-bond acceptors (Lipinski definition) is 6. The molecule has 0 radical (unpaired) electrons. The summed E-state index contributed by atoms with van der Waals surface area (Å²) in [7, 11) is 0. The van der Waals surface area contributed by atoms with E-state index >= 15 is 0 Å². The molecule has 0 saturated heterocycles. The van der Waals surface area contributed by atoms with Gasteiger partial charge in [0.15, 0.2) is 10.5 Å². The van der Waals surface area contributed by atoms with Gasteiger partial charge in [-0.1, -0.05) is 0 Å². The van der Waals surface area contributed by atoms with E-state index in [9.17, 15) is 14.9 Å². The van der Waals surface area contributed by atoms with Crippen LogP contribution in [0.4, 0.5) is 11.4 Å². The molecule has 8 nitrogen and oxygen atoms in total. The van der Waals surface area contributed by atoms with Crippen molar-refractivity contribution in [3.05, 3.63) is 43.4 Å². The van der Waals surface area contributed by atoms with Crippen LogP contribution in [0.1, 0.15) is 0 Å². The number of rotatable bonds is 2. The Bertz CT molecular complexity index is 735. The zero-order chi connectivity index (χ0) is 13.3. The number of nitrogens with one attached hydrogen (secondary N) is 2. The van der Waals surface area contributed by atoms with Crippen LogP contribution in [0.2, 0.25) is 0 Å². The SMILES string of the molecule is Nc1ccc([N+](=O)[O-])cc1-c1n[nH]c(=S)[nH]c1=O. The Morgan fingerprint density at radius 3 is 2.78 bits per heavy atom. The van der Waals surface area contributed by atoms with E-state index in [4.69, 9.17) is 18.0 Å². The highest BCUT2D eigenvalue weighted by molar-refractivity contribution is 7.71. The van der Waals surface area contributed by atoms with Gasteiger partial charge in [0.05, 0.1) is 4.92 Å². The molecule has 1 aromatic heterocycles. The van der Waals surface area contributed by atoms with E-state index in [1.807, 2.05) is 0 Å². The summed E-state index contributed by atoms with van der Waals surface area (Å²) >= 11 is 4.70. The van der Waals surface area contributed by atoms with E-state index in [0.29, 0.717) is 0 Å². The maximum atomic E-state index is 11.6. The number of aromatic amines is 2. The summed E-state index contributed by atoms with van der Waals surface area (Å²) < 4.78 is 0.0627. The summed E-state index contributed by atoms with van der Waals surface area (Å²) in [6.45, 7) is 0. The van der Waals surface area contributed by atoms with Crippen molar-refractivity contribution in [1.82, 2.24) is 15.2 Å². The molecule has 0 aliphatic carbocycles. The number of non-ortho nitro benzene ring substituents is 1. The van der Waals surface area contributed by atoms with Crippen LogP contribution in [-0.4, -0.2) is 20.1 Å². The average Bonchev–Trinajstić information content (AvgIpc) is 2.30. The Balaban J connectivity index is 2.70. The lowest BCUT2D eigenvalue weighted by Gasteiger charge is -2.03. The molecule has 0 aliphatic heterocycles. The van der Waals surface area contributed by atoms with E-state index in [2.05, 4.69) is 15.2 Å². The first-order valence-electron chi connectivity index (χ1n) is 4.72. The van der Waals surface area contributed by atoms with Crippen molar-refractivity contribution in [2.24, 2.45) is 0 Å². The van der Waals surface area contributed by atoms with Crippen LogP contribution in [0.15, 0.2) is 23.0 Å². The zero-order valence-corrected chi connectivity index (χ0v) is 9.65. The number of nitrogens with zero attached hydrogens (tertiary/aromatic N) is 2. The number of H-pyrrole nitrogens is 2. The van der Waals surface area contributed by atoms with Crippen LogP contribution in [0.3, 0.4) is 0 Å². The van der Waals surface area contributed by atoms with Crippen molar-refractivity contribution >= 4 is 23.6 Å². The molecule has 2 aromatic rings. The Labute approximate surface area is 105 Å². The van der Waals surface area contributed by atoms with Gasteiger partial charge in [-0.05, 0) is 18.3 Å². The van der Waals surface area contributed by atoms with Crippen molar-refractivity contribution in [1.29, 1.82) is 0 Å². The minimum atomic E-state index is -0.581. The first kappa shape index (κ1) is 11.9. The Morgan fingerprint density at radius 2 is 2.17 bits per heavy atom. The third-order valence-electron chi connectivity index (χ3n) is 2.21. The molecule has 1 aromatic carbocycles. The maximum Gasteiger partial charge on any atom is 0.278 e. The van der Waals surface area contributed by atoms with Crippen molar-refractivity contribution in [2.75, 3.05) is 5.73 Å². The van der Waals surface area contributed by atoms with Crippen molar-refractivity contribution in [3.8, 4) is 11.3 Å². The standard InChI is InChI=1S/C9H7N5O3S/c10-6-2-1-4(14(16)17)3-5(6)7-8(15)11-9(18)13-12-7/h1-3H,10H2,(H2,11,13,15,18). The molecule has 9 heteroatoms. The number of nitrogens with two attached hydrogens (primary N) is 1. The average molecular weight is 265 g/mol. The molecule has 18 heavy (non-hydrogen) atoms. The van der Waals surface area contributed by atoms with Gasteiger partial charge < -0.3 is 5.73 Å². The van der Waals surface area contributed by atoms with Gasteiger partial charge in [-0.3, -0.25) is 25.0 Å². The number of nitrogen functional groups attached to an aromatic ring is 1. The van der Waals surface area contributed by atoms with Gasteiger partial charge in [0, 0.05) is 23.4 Å². The van der Waals surface area contributed by atoms with Crippen LogP contribution < -0.4 is 11.3 Å². The summed E-state index contributed by atoms with van der Waals surface area (Å²) in [5, 5.41) is 16.8. The molecular formula is C9H7N5O3S. The van der Waals surface area contributed by atoms with Crippen LogP contribution in [-0.2, 0) is 0 Å². The van der Waals surface area contributed by atoms with Crippen LogP contribution >= 0.6 is 12.2 Å². The fourth-order valence-corrected chi connectivity index (χ4v) is 1.53. The highest BCUT2D eigenvalue weighted by atomic mass is 32.1. The predicted molar refractivity (Wildman–Crippen MR) is 66.5 cm³/mol. The minimum absolute atomic E-state index is 0.0511. The smallest absolute Gasteiger partial charge is 0.278 e. The topological polar surface area (TPSA) is 131 Å². The summed E-state index contributed by atoms with van der Waals surface area (Å²) in [6, 6.07) is 3.78. The van der Waals surface area contributed by atoms with Crippen molar-refractivity contribution in [2.45, 2.75) is 0 Å². The lowest BCUT2D eigenvalue weighted by molar-refractivity contribution is -0.384. The molecule has 4 N–H and O–H groups in total. The highest BCUT2D eigenvalue weighted by Gasteiger charge is 2.14. The molecule has 92 valence electrons. The predicted octanol–water partition coefficient (Wildman–Crippen LogP) is 0.985. The first-order chi connectivity index (χ1) is 8.49. The maximum absolute atomic E-state index is 11.6. The third kappa shape index (κ3) is 2.11. The summed E-state index contributed by atoms with van der Waals surface area (Å²) in [5.41, 5.74) is 5.27. The van der Waals surface area contributed by atoms with E-state index in [1.54, 1.807) is 0 Å². The fourth-order valence-electron chi connectivity index (χ4n) is 1.39. The van der Waals surface area contributed by atoms with Gasteiger partial charge >= 0.3 is 0 Å². The monoisotopic (exact) mass is 265 g/mol. The molecule has 1 heterocycles. The second-order valence-corrected chi connectivity index (χ2v) is 3.79. The molecule has 0 aliphatic rings. The summed E-state index contributed by atoms with van der Waals surface area (Å²) in [5.74, 6) is 0. The highest BCUT2D eigenvalue weighted by Crippen LogP contribution is 2.25. The molecule has 0 unspecified atom stereocenters. The molecule has 0 fully saturated rings. The number of nitro benzene ring substituents is 1. The third-order valence-corrected chi connectivity index (χ3v) is 2.41. The van der Waals surface area contributed by atoms with E-state index < -0.39 is 10.5 Å². The molecule has 0 amide bonds. The van der Waals surface area contributed by atoms with Gasteiger partial charge in [0.25, 0.3) is 11.2 Å². The van der Waals surface area contributed by atoms with Gasteiger partial charge in [-0.2, -0.15) is 5.10 Å². The zero-order valence-electron chi connectivity index (χ0n) is 8.84. The van der Waals surface area contributed by atoms with Crippen molar-refractivity contribution in [3.63, 3.8) is 0 Å². The molecule has 2 rings (SSSR count). The second kappa shape index (κ2) is 4.37. The number of aromatic nitrogens is 3. The Morgan fingerprint density at radius 1 is 1.44 bits per heavy atom. The number of benzene rings is 1. The number of hydrogen-bond donors (Lipinski definition) is 3. The molecule has 0 atom stereocenters. The van der Waals surface area contributed by atoms with Gasteiger partial charge in [-0.25, -0.2) is 0 Å². The largest absolute Gasteiger partial charge is 0.398 e. The van der Waals surface area contributed by atoms with E-state index in [-0.39, 0.29) is 27.4 Å². The quantitative estimate of drug-likeness (QED) is 0.321. The van der Waals surface area contributed by atoms with E-state index in [0.717, 1.165) is 0 Å². The molecule has 0 spiro atoms. The van der Waals surface area contributed by atoms with E-state index in [1.165, 1.54) is 18.2 Å². The van der Waals surface area contributed by atoms with Crippen LogP contribution in [0.25, 0.3) is 11.3 Å². The number of nitro groups is 1. The Hall–Kier alpha value is -2.55. The van der Waals surface area contributed by atoms with Gasteiger partial charge in [-0.15, -0.1) is 0 Å². The lowest BCUT2D eigenvalue weighted by atomic mass is 10.1. The fraction of sp³-hybridized carbons (Fsp3) is 0. The normalized spacial score (nSPS) is 10.2. The summed E-state index contributed by atoms with van der Waals surface area (Å²) in [4.78, 5) is 24.1. The molecule has 0 bridgehead atoms. The first-order valence-corrected chi connectivity index (χ1v) is 5.13. The second-order valence-electron chi connectivity index (χ2n) is 3.38. The molecular weight excluding hydrogens is 258 g/mol. The van der Waals surface area contributed by atoms with Gasteiger partial charge in [0.2, 0.25) is 0 Å². The van der Waals surface area contributed by atoms with Crippen LogP contribution in [0.5, 0.6) is 0 Å². The summed E-state index contributed by atoms with van der Waals surface area (Å²) in [6.07, 6.45) is 0. The van der Waals surface area contributed by atoms with Crippen LogP contribution in [0, 0.1) is 14.9 Å². The lowest BCUT2D eigenvalue weighted by Crippen LogP contribution is -2.13. The minimum Gasteiger partial charge on any atom is -0.398 e.